The van der Waals surface area contributed by atoms with E-state index < -0.39 is 0 Å². The Balaban J connectivity index is 2.80. The lowest BCUT2D eigenvalue weighted by molar-refractivity contribution is -0.412. The molecular formula is C2H5NO. The summed E-state index contributed by atoms with van der Waals surface area (Å²) in [7, 11) is 1.33. The van der Waals surface area contributed by atoms with Crippen LogP contribution in [0, 0.1) is 5.21 Å². The van der Waals surface area contributed by atoms with Gasteiger partial charge in [-0.05, 0) is 0 Å². The van der Waals surface area contributed by atoms with E-state index in [0.29, 0.717) is 4.74 Å². The van der Waals surface area contributed by atoms with Crippen molar-refractivity contribution in [3.8, 4) is 0 Å². The molecule has 0 radical (unpaired) electrons. The van der Waals surface area contributed by atoms with E-state index in [9.17, 15) is 5.21 Å². The number of hydrogen-bond donors (Lipinski definition) is 0. The van der Waals surface area contributed by atoms with Crippen LogP contribution in [0.1, 0.15) is 0 Å². The average Bonchev–Trinajstić information content (AvgIpc) is 0.811. The first kappa shape index (κ1) is 3.47. The van der Waals surface area contributed by atoms with Gasteiger partial charge in [-0.25, -0.2) is 4.74 Å². The summed E-state index contributed by atoms with van der Waals surface area (Å²) < 4.78 is 0.500. The van der Waals surface area contributed by atoms with Crippen LogP contribution in [-0.4, -0.2) is 18.5 Å². The van der Waals surface area contributed by atoms with Crippen LogP contribution in [0.15, 0.2) is 0 Å². The summed E-state index contributed by atoms with van der Waals surface area (Å²) in [6.07, 6.45) is 0. The second-order valence-corrected chi connectivity index (χ2v) is 0.628. The standard InChI is InChI=1S/C2H5NO/c1-3(2)4/h1H2,2H3. The van der Waals surface area contributed by atoms with Crippen LogP contribution < -0.4 is 0 Å². The molecule has 0 aromatic heterocycles. The van der Waals surface area contributed by atoms with Crippen LogP contribution >= 0.6 is 0 Å². The van der Waals surface area contributed by atoms with Gasteiger partial charge in [-0.3, -0.25) is 0 Å². The van der Waals surface area contributed by atoms with E-state index in [2.05, 4.69) is 6.72 Å². The van der Waals surface area contributed by atoms with Gasteiger partial charge >= 0.3 is 0 Å². The highest BCUT2D eigenvalue weighted by molar-refractivity contribution is 5.14. The molecule has 0 aromatic carbocycles. The minimum Gasteiger partial charge on any atom is -0.624 e. The number of nitrogens with zero attached hydrogens (tertiary/aromatic N) is 1. The van der Waals surface area contributed by atoms with Gasteiger partial charge in [0.2, 0.25) is 0 Å². The zero-order chi connectivity index (χ0) is 3.58. The summed E-state index contributed by atoms with van der Waals surface area (Å²) in [6, 6.07) is 0. The normalized spacial score (nSPS) is 6.25. The molecule has 0 spiro atoms. The van der Waals surface area contributed by atoms with Crippen molar-refractivity contribution in [1.82, 2.24) is 0 Å². The largest absolute Gasteiger partial charge is 0.624 e. The van der Waals surface area contributed by atoms with Gasteiger partial charge in [0.15, 0.2) is 0 Å². The monoisotopic (exact) mass is 59.0 g/mol. The third kappa shape index (κ3) is 1.16. The predicted molar refractivity (Wildman–Crippen MR) is 16.7 cm³/mol. The molecule has 0 amide bonds. The number of hydroxylamine groups is 1. The van der Waals surface area contributed by atoms with Gasteiger partial charge in [0.1, 0.15) is 13.8 Å². The average molecular weight is 59.1 g/mol. The maximum Gasteiger partial charge on any atom is 0.142 e. The van der Waals surface area contributed by atoms with Gasteiger partial charge in [-0.2, -0.15) is 0 Å². The minimum absolute atomic E-state index is 0.500. The zero-order valence-corrected chi connectivity index (χ0v) is 2.56. The highest BCUT2D eigenvalue weighted by Gasteiger charge is 1.43. The molecule has 2 nitrogen and oxygen atoms in total. The fourth-order valence-electron chi connectivity index (χ4n) is 0. The third-order valence-electron chi connectivity index (χ3n) is 0. The van der Waals surface area contributed by atoms with Crippen LogP contribution in [0.5, 0.6) is 0 Å². The first-order valence-electron chi connectivity index (χ1n) is 0.946. The predicted octanol–water partition coefficient (Wildman–Crippen LogP) is -0.173. The maximum atomic E-state index is 9.25. The first-order valence-corrected chi connectivity index (χ1v) is 0.946. The fraction of sp³-hybridized carbons (Fsp3) is 0.500. The van der Waals surface area contributed by atoms with Crippen LogP contribution in [-0.2, 0) is 0 Å². The second kappa shape index (κ2) is 0.875. The summed E-state index contributed by atoms with van der Waals surface area (Å²) in [5.74, 6) is 0. The van der Waals surface area contributed by atoms with Crippen molar-refractivity contribution in [1.29, 1.82) is 0 Å². The van der Waals surface area contributed by atoms with Crippen molar-refractivity contribution in [2.75, 3.05) is 7.05 Å². The fourth-order valence-corrected chi connectivity index (χ4v) is 0. The van der Waals surface area contributed by atoms with Crippen LogP contribution in [0.3, 0.4) is 0 Å². The molecule has 0 rings (SSSR count). The summed E-state index contributed by atoms with van der Waals surface area (Å²) in [5, 5.41) is 9.25. The Morgan fingerprint density at radius 1 is 2.00 bits per heavy atom. The van der Waals surface area contributed by atoms with E-state index in [1.54, 1.807) is 0 Å². The Hall–Kier alpha value is -0.530. The summed E-state index contributed by atoms with van der Waals surface area (Å²) >= 11 is 0. The Kier molecular flexibility index (Phi) is 0.759. The second-order valence-electron chi connectivity index (χ2n) is 0.628. The molecule has 0 heterocycles. The minimum atomic E-state index is 0.500. The molecule has 0 N–H and O–H groups in total. The molecule has 0 bridgehead atoms. The van der Waals surface area contributed by atoms with E-state index in [0.717, 1.165) is 0 Å². The van der Waals surface area contributed by atoms with E-state index in [4.69, 9.17) is 0 Å². The third-order valence-corrected chi connectivity index (χ3v) is 0. The first-order chi connectivity index (χ1) is 1.73. The molecule has 0 aromatic rings. The molecule has 0 aliphatic rings. The molecule has 0 fully saturated rings. The van der Waals surface area contributed by atoms with Gasteiger partial charge in [0, 0.05) is 0 Å². The van der Waals surface area contributed by atoms with Gasteiger partial charge < -0.3 is 5.21 Å². The van der Waals surface area contributed by atoms with Crippen LogP contribution in [0.2, 0.25) is 0 Å². The van der Waals surface area contributed by atoms with E-state index in [-0.39, 0.29) is 0 Å². The van der Waals surface area contributed by atoms with Crippen molar-refractivity contribution < 1.29 is 4.74 Å². The molecule has 4 heavy (non-hydrogen) atoms. The smallest absolute Gasteiger partial charge is 0.142 e. The highest BCUT2D eigenvalue weighted by atomic mass is 16.5. The summed E-state index contributed by atoms with van der Waals surface area (Å²) in [5.41, 5.74) is 0. The lowest BCUT2D eigenvalue weighted by Gasteiger charge is -1.82. The topological polar surface area (TPSA) is 26.1 Å². The quantitative estimate of drug-likeness (QED) is 0.164. The highest BCUT2D eigenvalue weighted by Crippen LogP contribution is 1.36. The van der Waals surface area contributed by atoms with Crippen LogP contribution in [0.25, 0.3) is 0 Å². The zero-order valence-electron chi connectivity index (χ0n) is 2.56. The van der Waals surface area contributed by atoms with Crippen molar-refractivity contribution in [2.45, 2.75) is 0 Å². The molecule has 0 saturated carbocycles. The molecular weight excluding hydrogens is 54.0 g/mol. The molecule has 0 aliphatic heterocycles. The molecule has 0 atom stereocenters. The molecule has 2 heteroatoms. The van der Waals surface area contributed by atoms with E-state index in [1.807, 2.05) is 0 Å². The van der Waals surface area contributed by atoms with Crippen molar-refractivity contribution >= 4 is 6.72 Å². The Morgan fingerprint density at radius 2 is 2.00 bits per heavy atom. The van der Waals surface area contributed by atoms with E-state index >= 15 is 0 Å². The van der Waals surface area contributed by atoms with E-state index in [1.165, 1.54) is 7.05 Å². The molecule has 24 valence electrons. The van der Waals surface area contributed by atoms with Gasteiger partial charge in [-0.1, -0.05) is 0 Å². The molecule has 0 saturated heterocycles. The Bertz CT molecular complexity index is 29.0. The Morgan fingerprint density at radius 3 is 2.00 bits per heavy atom. The van der Waals surface area contributed by atoms with Crippen molar-refractivity contribution in [2.24, 2.45) is 0 Å². The van der Waals surface area contributed by atoms with Gasteiger partial charge in [-0.15, -0.1) is 0 Å². The lowest BCUT2D eigenvalue weighted by atomic mass is 11.4. The molecule has 0 unspecified atom stereocenters. The molecule has 0 aliphatic carbocycles. The number of rotatable bonds is 0. The SMILES string of the molecule is C=[N+](C)[O-]. The van der Waals surface area contributed by atoms with Crippen molar-refractivity contribution in [3.63, 3.8) is 0 Å². The summed E-state index contributed by atoms with van der Waals surface area (Å²) in [6.45, 7) is 2.92. The lowest BCUT2D eigenvalue weighted by Crippen LogP contribution is -1.82. The van der Waals surface area contributed by atoms with Crippen LogP contribution in [0.4, 0.5) is 0 Å². The number of hydrogen-bond acceptors (Lipinski definition) is 1. The summed E-state index contributed by atoms with van der Waals surface area (Å²) in [4.78, 5) is 0. The van der Waals surface area contributed by atoms with Gasteiger partial charge in [0.05, 0.1) is 0 Å². The maximum absolute atomic E-state index is 9.25. The van der Waals surface area contributed by atoms with Gasteiger partial charge in [0.25, 0.3) is 0 Å². The Labute approximate surface area is 25.0 Å². The van der Waals surface area contributed by atoms with Crippen molar-refractivity contribution in [3.05, 3.63) is 5.21 Å².